The average molecular weight is 249 g/mol. The lowest BCUT2D eigenvalue weighted by Crippen LogP contribution is -2.22. The van der Waals surface area contributed by atoms with Crippen molar-refractivity contribution in [1.29, 1.82) is 0 Å². The summed E-state index contributed by atoms with van der Waals surface area (Å²) < 4.78 is 63.2. The van der Waals surface area contributed by atoms with Crippen LogP contribution < -0.4 is 0 Å². The molecule has 80 valence electrons. The first-order chi connectivity index (χ1) is 5.75. The van der Waals surface area contributed by atoms with Crippen LogP contribution in [-0.2, 0) is 26.9 Å². The molecule has 0 aromatic heterocycles. The lowest BCUT2D eigenvalue weighted by molar-refractivity contribution is 0.541. The molecule has 0 N–H and O–H groups in total. The highest BCUT2D eigenvalue weighted by atomic mass is 33.6. The van der Waals surface area contributed by atoms with Crippen molar-refractivity contribution in [2.45, 2.75) is 19.8 Å². The maximum atomic E-state index is 10.9. The van der Waals surface area contributed by atoms with Gasteiger partial charge in [-0.3, -0.25) is 4.21 Å². The van der Waals surface area contributed by atoms with E-state index in [1.807, 2.05) is 0 Å². The Morgan fingerprint density at radius 2 is 1.69 bits per heavy atom. The molecule has 0 bridgehead atoms. The van der Waals surface area contributed by atoms with E-state index in [1.165, 1.54) is 0 Å². The zero-order valence-electron chi connectivity index (χ0n) is 6.80. The van der Waals surface area contributed by atoms with Crippen LogP contribution in [0.1, 0.15) is 19.8 Å². The molecule has 13 heavy (non-hydrogen) atoms. The smallest absolute Gasteiger partial charge is 0.321 e. The van der Waals surface area contributed by atoms with Gasteiger partial charge in [-0.1, -0.05) is 13.3 Å². The number of hydrogen-bond donors (Lipinski definition) is 0. The summed E-state index contributed by atoms with van der Waals surface area (Å²) >= 11 is 0. The lowest BCUT2D eigenvalue weighted by atomic mass is 10.4. The molecule has 0 saturated heterocycles. The second-order valence-electron chi connectivity index (χ2n) is 2.23. The van der Waals surface area contributed by atoms with Crippen molar-refractivity contribution in [3.63, 3.8) is 0 Å². The molecule has 9 heteroatoms. The molecule has 0 aliphatic rings. The predicted molar refractivity (Wildman–Crippen MR) is 46.5 cm³/mol. The molecule has 0 aromatic carbocycles. The summed E-state index contributed by atoms with van der Waals surface area (Å²) in [5.74, 6) is -0.653. The summed E-state index contributed by atoms with van der Waals surface area (Å²) in [6, 6.07) is 0. The van der Waals surface area contributed by atoms with E-state index >= 15 is 0 Å². The summed E-state index contributed by atoms with van der Waals surface area (Å²) in [5, 5.41) is 0. The Labute approximate surface area is 78.3 Å². The summed E-state index contributed by atoms with van der Waals surface area (Å²) in [5.41, 5.74) is 0. The van der Waals surface area contributed by atoms with Gasteiger partial charge >= 0.3 is 7.90 Å². The van der Waals surface area contributed by atoms with E-state index in [0.29, 0.717) is 6.42 Å². The molecular formula is C4H9O6S3-. The van der Waals surface area contributed by atoms with E-state index in [4.69, 9.17) is 0 Å². The van der Waals surface area contributed by atoms with Crippen molar-refractivity contribution in [1.82, 2.24) is 0 Å². The Balaban J connectivity index is 4.97. The second-order valence-corrected chi connectivity index (χ2v) is 10.6. The standard InChI is InChI=1S/C4H10O6S3/c1-2-3-4-12(7,8)13(9,10)11(5)6/h2-4H2,1H3,(H,5,6)/p-1. The van der Waals surface area contributed by atoms with Crippen LogP contribution >= 0.6 is 0 Å². The van der Waals surface area contributed by atoms with Crippen LogP contribution in [-0.4, -0.2) is 31.4 Å². The maximum absolute atomic E-state index is 10.9. The molecule has 0 heterocycles. The van der Waals surface area contributed by atoms with Crippen LogP contribution in [0.3, 0.4) is 0 Å². The van der Waals surface area contributed by atoms with Crippen molar-refractivity contribution in [2.24, 2.45) is 0 Å². The third-order valence-corrected chi connectivity index (χ3v) is 9.20. The monoisotopic (exact) mass is 249 g/mol. The molecule has 0 rings (SSSR count). The van der Waals surface area contributed by atoms with Gasteiger partial charge in [-0.2, -0.15) is 8.42 Å². The van der Waals surface area contributed by atoms with Crippen LogP contribution in [0, 0.1) is 0 Å². The van der Waals surface area contributed by atoms with Crippen molar-refractivity contribution in [3.05, 3.63) is 0 Å². The van der Waals surface area contributed by atoms with Gasteiger partial charge in [0.2, 0.25) is 0 Å². The predicted octanol–water partition coefficient (Wildman–Crippen LogP) is -0.675. The topological polar surface area (TPSA) is 108 Å². The van der Waals surface area contributed by atoms with Gasteiger partial charge in [0.15, 0.2) is 0 Å². The minimum absolute atomic E-state index is 0.124. The first-order valence-corrected chi connectivity index (χ1v) is 8.57. The molecule has 0 aliphatic heterocycles. The van der Waals surface area contributed by atoms with Gasteiger partial charge in [0.1, 0.15) is 0 Å². The van der Waals surface area contributed by atoms with Crippen molar-refractivity contribution >= 4 is 26.9 Å². The van der Waals surface area contributed by atoms with Gasteiger partial charge < -0.3 is 4.55 Å². The van der Waals surface area contributed by atoms with Crippen molar-refractivity contribution in [2.75, 3.05) is 5.75 Å². The normalized spacial score (nSPS) is 15.5. The highest BCUT2D eigenvalue weighted by Crippen LogP contribution is 2.09. The van der Waals surface area contributed by atoms with Gasteiger partial charge in [0.25, 0.3) is 8.87 Å². The summed E-state index contributed by atoms with van der Waals surface area (Å²) in [7, 11) is -13.2. The summed E-state index contributed by atoms with van der Waals surface area (Å²) in [6.07, 6.45) is 0.596. The molecule has 0 aliphatic carbocycles. The molecule has 0 fully saturated rings. The fraction of sp³-hybridized carbons (Fsp3) is 1.00. The van der Waals surface area contributed by atoms with Gasteiger partial charge in [-0.05, 0) is 6.42 Å². The van der Waals surface area contributed by atoms with Crippen LogP contribution in [0.5, 0.6) is 0 Å². The van der Waals surface area contributed by atoms with Crippen LogP contribution in [0.4, 0.5) is 0 Å². The Hall–Kier alpha value is 0.01000. The van der Waals surface area contributed by atoms with Gasteiger partial charge in [0.05, 0.1) is 15.9 Å². The minimum atomic E-state index is -5.06. The number of unbranched alkanes of at least 4 members (excludes halogenated alkanes) is 1. The van der Waals surface area contributed by atoms with Crippen molar-refractivity contribution in [3.8, 4) is 0 Å². The van der Waals surface area contributed by atoms with E-state index in [1.54, 1.807) is 6.92 Å². The van der Waals surface area contributed by atoms with Gasteiger partial charge in [-0.25, -0.2) is 8.42 Å². The summed E-state index contributed by atoms with van der Waals surface area (Å²) in [6.45, 7) is 1.66. The molecule has 0 spiro atoms. The third kappa shape index (κ3) is 3.01. The first kappa shape index (κ1) is 13.0. The van der Waals surface area contributed by atoms with E-state index in [2.05, 4.69) is 0 Å². The molecule has 0 saturated carbocycles. The highest BCUT2D eigenvalue weighted by molar-refractivity contribution is 8.96. The van der Waals surface area contributed by atoms with Crippen LogP contribution in [0.2, 0.25) is 0 Å². The Morgan fingerprint density at radius 3 is 2.00 bits per heavy atom. The Morgan fingerprint density at radius 1 is 1.23 bits per heavy atom. The van der Waals surface area contributed by atoms with Crippen molar-refractivity contribution < 1.29 is 25.6 Å². The quantitative estimate of drug-likeness (QED) is 0.472. The highest BCUT2D eigenvalue weighted by Gasteiger charge is 2.29. The molecule has 0 aromatic rings. The molecule has 0 amide bonds. The maximum Gasteiger partial charge on any atom is 0.321 e. The zero-order chi connectivity index (χ0) is 10.7. The Bertz CT molecular complexity index is 376. The fourth-order valence-corrected chi connectivity index (χ4v) is 5.13. The SMILES string of the molecule is CCCCS(=O)(=O)S(=O)(=O)S(=O)[O-]. The minimum Gasteiger partial charge on any atom is -0.759 e. The van der Waals surface area contributed by atoms with E-state index in [0.717, 1.165) is 0 Å². The number of rotatable bonds is 5. The first-order valence-electron chi connectivity index (χ1n) is 3.33. The van der Waals surface area contributed by atoms with E-state index in [9.17, 15) is 25.6 Å². The van der Waals surface area contributed by atoms with E-state index in [-0.39, 0.29) is 6.42 Å². The van der Waals surface area contributed by atoms with E-state index < -0.39 is 32.6 Å². The average Bonchev–Trinajstić information content (AvgIpc) is 2.00. The second kappa shape index (κ2) is 4.49. The lowest BCUT2D eigenvalue weighted by Gasteiger charge is -2.06. The van der Waals surface area contributed by atoms with Gasteiger partial charge in [-0.15, -0.1) is 0 Å². The van der Waals surface area contributed by atoms with Crippen LogP contribution in [0.15, 0.2) is 0 Å². The van der Waals surface area contributed by atoms with Crippen LogP contribution in [0.25, 0.3) is 0 Å². The third-order valence-electron chi connectivity index (χ3n) is 1.23. The largest absolute Gasteiger partial charge is 0.759 e. The molecular weight excluding hydrogens is 240 g/mol. The summed E-state index contributed by atoms with van der Waals surface area (Å²) in [4.78, 5) is 0. The molecule has 1 unspecified atom stereocenters. The fourth-order valence-electron chi connectivity index (χ4n) is 0.508. The molecule has 0 radical (unpaired) electrons. The number of hydrogen-bond acceptors (Lipinski definition) is 6. The molecule has 6 nitrogen and oxygen atoms in total. The Kier molecular flexibility index (Phi) is 4.49. The zero-order valence-corrected chi connectivity index (χ0v) is 9.25. The molecule has 1 atom stereocenters. The van der Waals surface area contributed by atoms with Gasteiger partial charge in [0, 0.05) is 0 Å².